The molecule has 0 saturated heterocycles. The van der Waals surface area contributed by atoms with Crippen molar-refractivity contribution in [1.29, 1.82) is 0 Å². The fourth-order valence-corrected chi connectivity index (χ4v) is 2.45. The van der Waals surface area contributed by atoms with Gasteiger partial charge in [0.15, 0.2) is 5.01 Å². The predicted octanol–water partition coefficient (Wildman–Crippen LogP) is 2.29. The summed E-state index contributed by atoms with van der Waals surface area (Å²) in [6.45, 7) is 8.26. The van der Waals surface area contributed by atoms with Crippen LogP contribution in [-0.4, -0.2) is 28.4 Å². The molecule has 0 saturated carbocycles. The Morgan fingerprint density at radius 3 is 2.89 bits per heavy atom. The Kier molecular flexibility index (Phi) is 4.43. The molecular weight excluding hydrogens is 248 g/mol. The molecule has 2 aromatic rings. The third-order valence-corrected chi connectivity index (χ3v) is 3.53. The van der Waals surface area contributed by atoms with Crippen LogP contribution in [0.5, 0.6) is 0 Å². The van der Waals surface area contributed by atoms with Gasteiger partial charge in [-0.15, -0.1) is 10.2 Å². The monoisotopic (exact) mass is 266 g/mol. The van der Waals surface area contributed by atoms with Gasteiger partial charge in [-0.2, -0.15) is 0 Å². The van der Waals surface area contributed by atoms with Crippen molar-refractivity contribution < 1.29 is 4.52 Å². The Morgan fingerprint density at radius 2 is 2.22 bits per heavy atom. The van der Waals surface area contributed by atoms with E-state index in [0.717, 1.165) is 40.8 Å². The molecule has 0 aliphatic heterocycles. The van der Waals surface area contributed by atoms with Crippen LogP contribution in [0.3, 0.4) is 0 Å². The highest BCUT2D eigenvalue weighted by Crippen LogP contribution is 2.26. The van der Waals surface area contributed by atoms with Crippen LogP contribution in [0.1, 0.15) is 24.6 Å². The van der Waals surface area contributed by atoms with Crippen LogP contribution in [0.15, 0.2) is 10.7 Å². The molecule has 0 atom stereocenters. The normalized spacial score (nSPS) is 11.3. The molecule has 0 amide bonds. The van der Waals surface area contributed by atoms with Gasteiger partial charge in [-0.1, -0.05) is 30.3 Å². The molecule has 2 aromatic heterocycles. The Hall–Kier alpha value is -1.27. The lowest BCUT2D eigenvalue weighted by Gasteiger charge is -2.04. The van der Waals surface area contributed by atoms with Gasteiger partial charge in [0.2, 0.25) is 0 Å². The van der Waals surface area contributed by atoms with E-state index in [2.05, 4.69) is 34.5 Å². The molecule has 2 rings (SSSR count). The smallest absolute Gasteiger partial charge is 0.152 e. The molecule has 18 heavy (non-hydrogen) atoms. The van der Waals surface area contributed by atoms with Crippen LogP contribution in [0.4, 0.5) is 0 Å². The Balaban J connectivity index is 1.89. The van der Waals surface area contributed by atoms with Crippen LogP contribution < -0.4 is 5.32 Å². The summed E-state index contributed by atoms with van der Waals surface area (Å²) in [6.07, 6.45) is 2.60. The van der Waals surface area contributed by atoms with Crippen molar-refractivity contribution in [3.8, 4) is 10.6 Å². The molecular formula is C12H18N4OS. The predicted molar refractivity (Wildman–Crippen MR) is 71.6 cm³/mol. The van der Waals surface area contributed by atoms with Crippen molar-refractivity contribution >= 4 is 11.3 Å². The number of hydrogen-bond donors (Lipinski definition) is 1. The van der Waals surface area contributed by atoms with E-state index >= 15 is 0 Å². The van der Waals surface area contributed by atoms with Crippen molar-refractivity contribution in [1.82, 2.24) is 20.7 Å². The topological polar surface area (TPSA) is 63.8 Å². The largest absolute Gasteiger partial charge is 0.361 e. The highest BCUT2D eigenvalue weighted by atomic mass is 32.1. The van der Waals surface area contributed by atoms with E-state index in [1.807, 2.05) is 6.92 Å². The fraction of sp³-hybridized carbons (Fsp3) is 0.583. The first-order valence-electron chi connectivity index (χ1n) is 6.11. The molecule has 2 heterocycles. The third-order valence-electron chi connectivity index (χ3n) is 2.52. The van der Waals surface area contributed by atoms with Gasteiger partial charge < -0.3 is 9.84 Å². The molecule has 0 aliphatic rings. The van der Waals surface area contributed by atoms with Crippen LogP contribution in [0, 0.1) is 12.8 Å². The van der Waals surface area contributed by atoms with Gasteiger partial charge >= 0.3 is 0 Å². The van der Waals surface area contributed by atoms with Crippen molar-refractivity contribution in [2.45, 2.75) is 27.2 Å². The second kappa shape index (κ2) is 6.06. The highest BCUT2D eigenvalue weighted by Gasteiger charge is 2.11. The first-order valence-corrected chi connectivity index (χ1v) is 6.93. The summed E-state index contributed by atoms with van der Waals surface area (Å²) < 4.78 is 5.03. The molecule has 0 unspecified atom stereocenters. The van der Waals surface area contributed by atoms with E-state index in [0.29, 0.717) is 5.92 Å². The van der Waals surface area contributed by atoms with Gasteiger partial charge in [0.1, 0.15) is 10.8 Å². The van der Waals surface area contributed by atoms with E-state index < -0.39 is 0 Å². The van der Waals surface area contributed by atoms with Crippen molar-refractivity contribution in [3.05, 3.63) is 17.0 Å². The molecule has 0 bridgehead atoms. The maximum atomic E-state index is 5.03. The van der Waals surface area contributed by atoms with Gasteiger partial charge in [0.25, 0.3) is 0 Å². The standard InChI is InChI=1S/C12H18N4OS/c1-8(2)6-13-5-4-11-15-16-12(18-11)10-7-14-17-9(10)3/h7-8,13H,4-6H2,1-3H3. The van der Waals surface area contributed by atoms with Gasteiger partial charge in [0.05, 0.1) is 11.8 Å². The van der Waals surface area contributed by atoms with Crippen LogP contribution in [0.2, 0.25) is 0 Å². The van der Waals surface area contributed by atoms with E-state index in [-0.39, 0.29) is 0 Å². The van der Waals surface area contributed by atoms with Gasteiger partial charge in [0, 0.05) is 13.0 Å². The lowest BCUT2D eigenvalue weighted by Crippen LogP contribution is -2.22. The first kappa shape index (κ1) is 13.2. The van der Waals surface area contributed by atoms with Crippen LogP contribution in [-0.2, 0) is 6.42 Å². The average Bonchev–Trinajstić information content (AvgIpc) is 2.92. The number of aryl methyl sites for hydroxylation is 1. The van der Waals surface area contributed by atoms with Crippen LogP contribution >= 0.6 is 11.3 Å². The summed E-state index contributed by atoms with van der Waals surface area (Å²) in [5.74, 6) is 1.46. The molecule has 0 aromatic carbocycles. The minimum Gasteiger partial charge on any atom is -0.361 e. The second-order valence-corrected chi connectivity index (χ2v) is 5.71. The number of rotatable bonds is 6. The molecule has 0 spiro atoms. The average molecular weight is 266 g/mol. The lowest BCUT2D eigenvalue weighted by molar-refractivity contribution is 0.398. The Morgan fingerprint density at radius 1 is 1.39 bits per heavy atom. The summed E-state index contributed by atoms with van der Waals surface area (Å²) in [5.41, 5.74) is 0.939. The number of nitrogens with one attached hydrogen (secondary N) is 1. The first-order chi connectivity index (χ1) is 8.66. The number of nitrogens with zero attached hydrogens (tertiary/aromatic N) is 3. The zero-order chi connectivity index (χ0) is 13.0. The summed E-state index contributed by atoms with van der Waals surface area (Å²) in [6, 6.07) is 0. The maximum Gasteiger partial charge on any atom is 0.152 e. The zero-order valence-corrected chi connectivity index (χ0v) is 11.8. The summed E-state index contributed by atoms with van der Waals surface area (Å²) in [5, 5.41) is 17.4. The molecule has 6 heteroatoms. The molecule has 0 aliphatic carbocycles. The SMILES string of the molecule is Cc1oncc1-c1nnc(CCNCC(C)C)s1. The van der Waals surface area contributed by atoms with E-state index in [1.54, 1.807) is 17.5 Å². The van der Waals surface area contributed by atoms with Gasteiger partial charge in [-0.3, -0.25) is 0 Å². The van der Waals surface area contributed by atoms with E-state index in [9.17, 15) is 0 Å². The highest BCUT2D eigenvalue weighted by molar-refractivity contribution is 7.14. The number of hydrogen-bond acceptors (Lipinski definition) is 6. The summed E-state index contributed by atoms with van der Waals surface area (Å²) in [4.78, 5) is 0. The minimum atomic E-state index is 0.676. The summed E-state index contributed by atoms with van der Waals surface area (Å²) >= 11 is 1.60. The van der Waals surface area contributed by atoms with Gasteiger partial charge in [-0.25, -0.2) is 0 Å². The summed E-state index contributed by atoms with van der Waals surface area (Å²) in [7, 11) is 0. The molecule has 5 nitrogen and oxygen atoms in total. The van der Waals surface area contributed by atoms with Crippen molar-refractivity contribution in [3.63, 3.8) is 0 Å². The fourth-order valence-electron chi connectivity index (χ4n) is 1.55. The van der Waals surface area contributed by atoms with Crippen molar-refractivity contribution in [2.75, 3.05) is 13.1 Å². The quantitative estimate of drug-likeness (QED) is 0.813. The number of aromatic nitrogens is 3. The third kappa shape index (κ3) is 3.36. The molecule has 98 valence electrons. The molecule has 1 N–H and O–H groups in total. The van der Waals surface area contributed by atoms with E-state index in [1.165, 1.54) is 0 Å². The Labute approximate surface area is 111 Å². The van der Waals surface area contributed by atoms with E-state index in [4.69, 9.17) is 4.52 Å². The molecule has 0 radical (unpaired) electrons. The minimum absolute atomic E-state index is 0.676. The lowest BCUT2D eigenvalue weighted by atomic mass is 10.2. The van der Waals surface area contributed by atoms with Crippen molar-refractivity contribution in [2.24, 2.45) is 5.92 Å². The molecule has 0 fully saturated rings. The second-order valence-electron chi connectivity index (χ2n) is 4.64. The zero-order valence-electron chi connectivity index (χ0n) is 10.9. The Bertz CT molecular complexity index is 492. The van der Waals surface area contributed by atoms with Gasteiger partial charge in [-0.05, 0) is 19.4 Å². The van der Waals surface area contributed by atoms with Crippen LogP contribution in [0.25, 0.3) is 10.6 Å². The maximum absolute atomic E-state index is 5.03.